The molecule has 0 atom stereocenters. The molecule has 2 aromatic heterocycles. The van der Waals surface area contributed by atoms with Gasteiger partial charge in [0, 0.05) is 37.6 Å². The van der Waals surface area contributed by atoms with Crippen LogP contribution in [-0.4, -0.2) is 50.9 Å². The van der Waals surface area contributed by atoms with Gasteiger partial charge in [-0.2, -0.15) is 0 Å². The van der Waals surface area contributed by atoms with E-state index in [0.29, 0.717) is 24.9 Å². The lowest BCUT2D eigenvalue weighted by Gasteiger charge is -2.37. The van der Waals surface area contributed by atoms with Crippen molar-refractivity contribution in [3.05, 3.63) is 66.4 Å². The van der Waals surface area contributed by atoms with Crippen LogP contribution in [0.2, 0.25) is 0 Å². The van der Waals surface area contributed by atoms with E-state index >= 15 is 0 Å². The summed E-state index contributed by atoms with van der Waals surface area (Å²) in [5.41, 5.74) is 1.31. The highest BCUT2D eigenvalue weighted by molar-refractivity contribution is 5.87. The van der Waals surface area contributed by atoms with Crippen LogP contribution in [-0.2, 0) is 10.2 Å². The number of nitrogens with zero attached hydrogens (tertiary/aromatic N) is 5. The van der Waals surface area contributed by atoms with Gasteiger partial charge in [-0.15, -0.1) is 0 Å². The van der Waals surface area contributed by atoms with E-state index in [1.807, 2.05) is 43.0 Å². The maximum absolute atomic E-state index is 13.3. The van der Waals surface area contributed by atoms with Crippen LogP contribution >= 0.6 is 0 Å². The molecule has 0 saturated carbocycles. The molecule has 0 aliphatic carbocycles. The van der Waals surface area contributed by atoms with Crippen molar-refractivity contribution in [2.24, 2.45) is 0 Å². The zero-order valence-corrected chi connectivity index (χ0v) is 18.7. The summed E-state index contributed by atoms with van der Waals surface area (Å²) in [4.78, 5) is 32.6. The highest BCUT2D eigenvalue weighted by Crippen LogP contribution is 2.32. The number of ether oxygens (including phenoxy) is 1. The SMILES string of the molecule is COc1ccc(C(C)(C)C(=O)N2CCC(c3cncc(Nc4ncccn4)n3)CC2)cc1. The van der Waals surface area contributed by atoms with Gasteiger partial charge >= 0.3 is 0 Å². The molecule has 1 aromatic carbocycles. The van der Waals surface area contributed by atoms with Crippen molar-refractivity contribution in [3.63, 3.8) is 0 Å². The Labute approximate surface area is 188 Å². The molecule has 32 heavy (non-hydrogen) atoms. The second-order valence-electron chi connectivity index (χ2n) is 8.45. The van der Waals surface area contributed by atoms with Crippen LogP contribution in [0.1, 0.15) is 43.9 Å². The first-order valence-electron chi connectivity index (χ1n) is 10.8. The van der Waals surface area contributed by atoms with Gasteiger partial charge in [-0.25, -0.2) is 15.0 Å². The Kier molecular flexibility index (Phi) is 6.30. The van der Waals surface area contributed by atoms with Crippen molar-refractivity contribution in [1.29, 1.82) is 0 Å². The molecule has 166 valence electrons. The van der Waals surface area contributed by atoms with E-state index in [4.69, 9.17) is 9.72 Å². The lowest BCUT2D eigenvalue weighted by atomic mass is 9.82. The first-order chi connectivity index (χ1) is 15.5. The summed E-state index contributed by atoms with van der Waals surface area (Å²) >= 11 is 0. The van der Waals surface area contributed by atoms with Gasteiger partial charge in [-0.1, -0.05) is 12.1 Å². The van der Waals surface area contributed by atoms with Gasteiger partial charge in [0.15, 0.2) is 5.82 Å². The number of benzene rings is 1. The highest BCUT2D eigenvalue weighted by Gasteiger charge is 2.36. The fraction of sp³-hybridized carbons (Fsp3) is 0.375. The average molecular weight is 433 g/mol. The van der Waals surface area contributed by atoms with Gasteiger partial charge in [0.25, 0.3) is 0 Å². The number of methoxy groups -OCH3 is 1. The molecule has 3 aromatic rings. The second-order valence-corrected chi connectivity index (χ2v) is 8.45. The average Bonchev–Trinajstić information content (AvgIpc) is 2.84. The molecule has 4 rings (SSSR count). The number of hydrogen-bond donors (Lipinski definition) is 1. The molecule has 0 radical (unpaired) electrons. The number of carbonyl (C=O) groups excluding carboxylic acids is 1. The van der Waals surface area contributed by atoms with Crippen LogP contribution in [0.5, 0.6) is 5.75 Å². The van der Waals surface area contributed by atoms with Crippen molar-refractivity contribution in [1.82, 2.24) is 24.8 Å². The number of rotatable bonds is 6. The Morgan fingerprint density at radius 2 is 1.78 bits per heavy atom. The molecule has 1 amide bonds. The largest absolute Gasteiger partial charge is 0.497 e. The maximum atomic E-state index is 13.3. The minimum Gasteiger partial charge on any atom is -0.497 e. The van der Waals surface area contributed by atoms with Gasteiger partial charge in [0.2, 0.25) is 11.9 Å². The Hall–Kier alpha value is -3.55. The Bertz CT molecular complexity index is 1050. The number of anilines is 2. The number of nitrogens with one attached hydrogen (secondary N) is 1. The van der Waals surface area contributed by atoms with Crippen molar-refractivity contribution < 1.29 is 9.53 Å². The predicted octanol–water partition coefficient (Wildman–Crippen LogP) is 3.70. The standard InChI is InChI=1S/C24H28N6O2/c1-24(2,18-5-7-19(32-3)8-6-18)22(31)30-13-9-17(10-14-30)20-15-25-16-21(28-20)29-23-26-11-4-12-27-23/h4-8,11-12,15-17H,9-10,13-14H2,1-3H3,(H,26,27,28,29). The molecule has 8 heteroatoms. The van der Waals surface area contributed by atoms with Gasteiger partial charge < -0.3 is 15.0 Å². The van der Waals surface area contributed by atoms with E-state index in [-0.39, 0.29) is 11.8 Å². The summed E-state index contributed by atoms with van der Waals surface area (Å²) in [7, 11) is 1.64. The second kappa shape index (κ2) is 9.30. The Morgan fingerprint density at radius 3 is 2.44 bits per heavy atom. The number of piperidine rings is 1. The van der Waals surface area contributed by atoms with Crippen LogP contribution in [0.25, 0.3) is 0 Å². The number of amides is 1. The number of aromatic nitrogens is 4. The molecule has 1 saturated heterocycles. The first-order valence-corrected chi connectivity index (χ1v) is 10.8. The van der Waals surface area contributed by atoms with Crippen LogP contribution in [0.4, 0.5) is 11.8 Å². The smallest absolute Gasteiger partial charge is 0.232 e. The number of carbonyl (C=O) groups is 1. The Morgan fingerprint density at radius 1 is 1.09 bits per heavy atom. The molecule has 8 nitrogen and oxygen atoms in total. The van der Waals surface area contributed by atoms with E-state index in [2.05, 4.69) is 20.3 Å². The first kappa shape index (κ1) is 21.7. The fourth-order valence-corrected chi connectivity index (χ4v) is 4.02. The van der Waals surface area contributed by atoms with E-state index in [1.54, 1.807) is 38.0 Å². The lowest BCUT2D eigenvalue weighted by Crippen LogP contribution is -2.46. The van der Waals surface area contributed by atoms with Crippen molar-refractivity contribution in [2.75, 3.05) is 25.5 Å². The van der Waals surface area contributed by atoms with Crippen LogP contribution in [0.15, 0.2) is 55.1 Å². The number of likely N-dealkylation sites (tertiary alicyclic amines) is 1. The molecule has 0 spiro atoms. The summed E-state index contributed by atoms with van der Waals surface area (Å²) in [6, 6.07) is 9.49. The summed E-state index contributed by atoms with van der Waals surface area (Å²) in [6.07, 6.45) is 8.52. The molecule has 1 N–H and O–H groups in total. The van der Waals surface area contributed by atoms with Crippen LogP contribution in [0.3, 0.4) is 0 Å². The van der Waals surface area contributed by atoms with Gasteiger partial charge in [0.05, 0.1) is 24.4 Å². The quantitative estimate of drug-likeness (QED) is 0.635. The third-order valence-corrected chi connectivity index (χ3v) is 6.01. The van der Waals surface area contributed by atoms with E-state index < -0.39 is 5.41 Å². The summed E-state index contributed by atoms with van der Waals surface area (Å²) < 4.78 is 5.24. The third kappa shape index (κ3) is 4.69. The normalized spacial score (nSPS) is 14.8. The van der Waals surface area contributed by atoms with Gasteiger partial charge in [0.1, 0.15) is 5.75 Å². The topological polar surface area (TPSA) is 93.1 Å². The summed E-state index contributed by atoms with van der Waals surface area (Å²) in [5.74, 6) is 2.29. The predicted molar refractivity (Wildman–Crippen MR) is 122 cm³/mol. The van der Waals surface area contributed by atoms with Crippen molar-refractivity contribution in [2.45, 2.75) is 38.0 Å². The lowest BCUT2D eigenvalue weighted by molar-refractivity contribution is -0.137. The van der Waals surface area contributed by atoms with Crippen molar-refractivity contribution >= 4 is 17.7 Å². The Balaban J connectivity index is 1.39. The van der Waals surface area contributed by atoms with Gasteiger partial charge in [-0.3, -0.25) is 9.78 Å². The minimum absolute atomic E-state index is 0.142. The molecule has 1 fully saturated rings. The van der Waals surface area contributed by atoms with Gasteiger partial charge in [-0.05, 0) is 50.5 Å². The fourth-order valence-electron chi connectivity index (χ4n) is 4.02. The van der Waals surface area contributed by atoms with Crippen LogP contribution < -0.4 is 10.1 Å². The molecule has 1 aliphatic rings. The van der Waals surface area contributed by atoms with Crippen molar-refractivity contribution in [3.8, 4) is 5.75 Å². The minimum atomic E-state index is -0.599. The zero-order valence-electron chi connectivity index (χ0n) is 18.7. The maximum Gasteiger partial charge on any atom is 0.232 e. The van der Waals surface area contributed by atoms with E-state index in [9.17, 15) is 4.79 Å². The monoisotopic (exact) mass is 432 g/mol. The highest BCUT2D eigenvalue weighted by atomic mass is 16.5. The van der Waals surface area contributed by atoms with E-state index in [0.717, 1.165) is 29.8 Å². The summed E-state index contributed by atoms with van der Waals surface area (Å²) in [5, 5.41) is 3.09. The third-order valence-electron chi connectivity index (χ3n) is 6.01. The molecule has 0 bridgehead atoms. The number of hydrogen-bond acceptors (Lipinski definition) is 7. The molecule has 1 aliphatic heterocycles. The summed E-state index contributed by atoms with van der Waals surface area (Å²) in [6.45, 7) is 5.36. The molecular formula is C24H28N6O2. The van der Waals surface area contributed by atoms with E-state index in [1.165, 1.54) is 0 Å². The molecular weight excluding hydrogens is 404 g/mol. The molecule has 3 heterocycles. The molecule has 0 unspecified atom stereocenters. The zero-order chi connectivity index (χ0) is 22.6. The van der Waals surface area contributed by atoms with Crippen LogP contribution in [0, 0.1) is 0 Å².